The number of rotatable bonds is 6. The molecule has 8 heteroatoms. The molecule has 2 aromatic rings. The van der Waals surface area contributed by atoms with E-state index in [1.807, 2.05) is 24.3 Å². The summed E-state index contributed by atoms with van der Waals surface area (Å²) in [4.78, 5) is 36.7. The predicted molar refractivity (Wildman–Crippen MR) is 105 cm³/mol. The minimum atomic E-state index is -1.01. The Morgan fingerprint density at radius 1 is 1.19 bits per heavy atom. The largest absolute Gasteiger partial charge is 0.348 e. The molecule has 1 aliphatic rings. The molecule has 0 bridgehead atoms. The van der Waals surface area contributed by atoms with Gasteiger partial charge in [0, 0.05) is 22.2 Å². The second-order valence-electron chi connectivity index (χ2n) is 6.34. The molecule has 0 radical (unpaired) electrons. The van der Waals surface area contributed by atoms with Crippen molar-refractivity contribution in [2.24, 2.45) is 0 Å². The average Bonchev–Trinajstić information content (AvgIpc) is 2.90. The summed E-state index contributed by atoms with van der Waals surface area (Å²) in [7, 11) is 0. The summed E-state index contributed by atoms with van der Waals surface area (Å²) in [5.41, 5.74) is 0.406. The zero-order valence-electron chi connectivity index (χ0n) is 14.5. The van der Waals surface area contributed by atoms with Crippen molar-refractivity contribution in [1.29, 1.82) is 0 Å². The van der Waals surface area contributed by atoms with Crippen molar-refractivity contribution in [2.75, 3.05) is 5.75 Å². The SMILES string of the molecule is C[C@@]1(CSc2ccccc2C(=O)NCc2cccc(Cl)c2)NC(=O)NC1=O. The van der Waals surface area contributed by atoms with Crippen molar-refractivity contribution in [3.05, 3.63) is 64.7 Å². The number of carbonyl (C=O) groups excluding carboxylic acids is 3. The van der Waals surface area contributed by atoms with E-state index in [1.54, 1.807) is 31.2 Å². The monoisotopic (exact) mass is 403 g/mol. The number of hydrogen-bond acceptors (Lipinski definition) is 4. The van der Waals surface area contributed by atoms with Crippen LogP contribution in [0, 0.1) is 0 Å². The third-order valence-electron chi connectivity index (χ3n) is 4.11. The van der Waals surface area contributed by atoms with Crippen molar-refractivity contribution in [3.63, 3.8) is 0 Å². The Labute approximate surface area is 166 Å². The van der Waals surface area contributed by atoms with Crippen molar-refractivity contribution in [2.45, 2.75) is 23.9 Å². The maximum atomic E-state index is 12.6. The number of hydrogen-bond donors (Lipinski definition) is 3. The van der Waals surface area contributed by atoms with E-state index in [4.69, 9.17) is 11.6 Å². The topological polar surface area (TPSA) is 87.3 Å². The van der Waals surface area contributed by atoms with Crippen LogP contribution in [-0.2, 0) is 11.3 Å². The van der Waals surface area contributed by atoms with Gasteiger partial charge in [-0.05, 0) is 36.8 Å². The van der Waals surface area contributed by atoms with Crippen molar-refractivity contribution in [3.8, 4) is 0 Å². The zero-order chi connectivity index (χ0) is 19.4. The van der Waals surface area contributed by atoms with Gasteiger partial charge in [0.05, 0.1) is 5.56 Å². The van der Waals surface area contributed by atoms with Gasteiger partial charge in [0.15, 0.2) is 0 Å². The Hall–Kier alpha value is -2.51. The average molecular weight is 404 g/mol. The Kier molecular flexibility index (Phi) is 5.72. The first-order valence-corrected chi connectivity index (χ1v) is 9.62. The van der Waals surface area contributed by atoms with Crippen LogP contribution in [0.2, 0.25) is 5.02 Å². The van der Waals surface area contributed by atoms with Gasteiger partial charge >= 0.3 is 6.03 Å². The number of amides is 4. The van der Waals surface area contributed by atoms with Crippen LogP contribution in [0.3, 0.4) is 0 Å². The van der Waals surface area contributed by atoms with Crippen LogP contribution in [0.15, 0.2) is 53.4 Å². The molecule has 27 heavy (non-hydrogen) atoms. The van der Waals surface area contributed by atoms with Crippen LogP contribution in [0.1, 0.15) is 22.8 Å². The fourth-order valence-electron chi connectivity index (χ4n) is 2.61. The normalized spacial score (nSPS) is 18.7. The lowest BCUT2D eigenvalue weighted by atomic mass is 10.1. The summed E-state index contributed by atoms with van der Waals surface area (Å²) in [6.45, 7) is 2.01. The summed E-state index contributed by atoms with van der Waals surface area (Å²) < 4.78 is 0. The molecule has 0 aliphatic carbocycles. The molecule has 3 rings (SSSR count). The fourth-order valence-corrected chi connectivity index (χ4v) is 3.96. The molecule has 140 valence electrons. The maximum absolute atomic E-state index is 12.6. The van der Waals surface area contributed by atoms with Gasteiger partial charge in [-0.15, -0.1) is 11.8 Å². The van der Waals surface area contributed by atoms with E-state index >= 15 is 0 Å². The van der Waals surface area contributed by atoms with E-state index in [0.717, 1.165) is 10.5 Å². The molecule has 4 amide bonds. The Morgan fingerprint density at radius 3 is 2.67 bits per heavy atom. The molecule has 1 saturated heterocycles. The van der Waals surface area contributed by atoms with Crippen molar-refractivity contribution >= 4 is 41.2 Å². The molecule has 1 heterocycles. The molecular weight excluding hydrogens is 386 g/mol. The number of benzene rings is 2. The summed E-state index contributed by atoms with van der Waals surface area (Å²) >= 11 is 7.31. The van der Waals surface area contributed by atoms with E-state index in [2.05, 4.69) is 16.0 Å². The van der Waals surface area contributed by atoms with Crippen LogP contribution < -0.4 is 16.0 Å². The molecule has 0 spiro atoms. The number of thioether (sulfide) groups is 1. The standard InChI is InChI=1S/C19H18ClN3O3S/c1-19(17(25)22-18(26)23-19)11-27-15-8-3-2-7-14(15)16(24)21-10-12-5-4-6-13(20)9-12/h2-9H,10-11H2,1H3,(H,21,24)(H2,22,23,25,26)/t19-/m0/s1. The highest BCUT2D eigenvalue weighted by Gasteiger charge is 2.41. The van der Waals surface area contributed by atoms with Crippen molar-refractivity contribution < 1.29 is 14.4 Å². The molecule has 0 saturated carbocycles. The highest BCUT2D eigenvalue weighted by Crippen LogP contribution is 2.27. The number of nitrogens with one attached hydrogen (secondary N) is 3. The molecule has 1 aliphatic heterocycles. The first-order chi connectivity index (χ1) is 12.9. The van der Waals surface area contributed by atoms with Gasteiger partial charge in [0.1, 0.15) is 5.54 Å². The Bertz CT molecular complexity index is 905. The highest BCUT2D eigenvalue weighted by atomic mass is 35.5. The molecule has 1 atom stereocenters. The van der Waals surface area contributed by atoms with Gasteiger partial charge in [-0.3, -0.25) is 14.9 Å². The van der Waals surface area contributed by atoms with Gasteiger partial charge < -0.3 is 10.6 Å². The van der Waals surface area contributed by atoms with Gasteiger partial charge in [-0.25, -0.2) is 4.79 Å². The van der Waals surface area contributed by atoms with Crippen LogP contribution in [0.4, 0.5) is 4.79 Å². The zero-order valence-corrected chi connectivity index (χ0v) is 16.1. The third-order valence-corrected chi connectivity index (χ3v) is 5.73. The second kappa shape index (κ2) is 8.02. The molecular formula is C19H18ClN3O3S. The smallest absolute Gasteiger partial charge is 0.322 e. The third kappa shape index (κ3) is 4.61. The minimum Gasteiger partial charge on any atom is -0.348 e. The van der Waals surface area contributed by atoms with Gasteiger partial charge in [-0.1, -0.05) is 35.9 Å². The number of urea groups is 1. The lowest BCUT2D eigenvalue weighted by molar-refractivity contribution is -0.122. The molecule has 6 nitrogen and oxygen atoms in total. The molecule has 0 unspecified atom stereocenters. The van der Waals surface area contributed by atoms with Crippen LogP contribution in [0.5, 0.6) is 0 Å². The first kappa shape index (κ1) is 19.3. The van der Waals surface area contributed by atoms with E-state index in [1.165, 1.54) is 11.8 Å². The molecule has 0 aromatic heterocycles. The summed E-state index contributed by atoms with van der Waals surface area (Å²) in [6.07, 6.45) is 0. The molecule has 2 aromatic carbocycles. The highest BCUT2D eigenvalue weighted by molar-refractivity contribution is 7.99. The number of imide groups is 1. The minimum absolute atomic E-state index is 0.219. The lowest BCUT2D eigenvalue weighted by Crippen LogP contribution is -2.46. The lowest BCUT2D eigenvalue weighted by Gasteiger charge is -2.20. The van der Waals surface area contributed by atoms with E-state index < -0.39 is 11.6 Å². The van der Waals surface area contributed by atoms with E-state index in [-0.39, 0.29) is 11.8 Å². The Balaban J connectivity index is 1.67. The van der Waals surface area contributed by atoms with E-state index in [0.29, 0.717) is 22.9 Å². The van der Waals surface area contributed by atoms with Crippen LogP contribution in [-0.4, -0.2) is 29.1 Å². The maximum Gasteiger partial charge on any atom is 0.322 e. The van der Waals surface area contributed by atoms with E-state index in [9.17, 15) is 14.4 Å². The quantitative estimate of drug-likeness (QED) is 0.511. The summed E-state index contributed by atoms with van der Waals surface area (Å²) in [5.74, 6) is -0.283. The van der Waals surface area contributed by atoms with Gasteiger partial charge in [-0.2, -0.15) is 0 Å². The number of halogens is 1. The fraction of sp³-hybridized carbons (Fsp3) is 0.211. The summed E-state index contributed by atoms with van der Waals surface area (Å²) in [6, 6.07) is 13.9. The predicted octanol–water partition coefficient (Wildman–Crippen LogP) is 2.96. The number of carbonyl (C=O) groups is 3. The molecule has 1 fully saturated rings. The van der Waals surface area contributed by atoms with Crippen LogP contribution >= 0.6 is 23.4 Å². The van der Waals surface area contributed by atoms with Crippen molar-refractivity contribution in [1.82, 2.24) is 16.0 Å². The molecule has 3 N–H and O–H groups in total. The van der Waals surface area contributed by atoms with Gasteiger partial charge in [0.2, 0.25) is 0 Å². The summed E-state index contributed by atoms with van der Waals surface area (Å²) in [5, 5.41) is 8.34. The second-order valence-corrected chi connectivity index (χ2v) is 7.79. The van der Waals surface area contributed by atoms with Gasteiger partial charge in [0.25, 0.3) is 11.8 Å². The first-order valence-electron chi connectivity index (χ1n) is 8.25. The Morgan fingerprint density at radius 2 is 1.96 bits per heavy atom. The van der Waals surface area contributed by atoms with Crippen LogP contribution in [0.25, 0.3) is 0 Å².